The van der Waals surface area contributed by atoms with Crippen LogP contribution in [-0.4, -0.2) is 40.8 Å². The average Bonchev–Trinajstić information content (AvgIpc) is 2.44. The lowest BCUT2D eigenvalue weighted by molar-refractivity contribution is -0.0289. The first-order valence-corrected chi connectivity index (χ1v) is 8.21. The van der Waals surface area contributed by atoms with Crippen molar-refractivity contribution in [2.45, 2.75) is 46.6 Å². The number of nitrogens with one attached hydrogen (secondary N) is 1. The van der Waals surface area contributed by atoms with Crippen LogP contribution in [0.1, 0.15) is 41.0 Å². The molecule has 136 valence electrons. The van der Waals surface area contributed by atoms with Crippen molar-refractivity contribution in [2.24, 2.45) is 0 Å². The lowest BCUT2D eigenvalue weighted by Gasteiger charge is -2.35. The van der Waals surface area contributed by atoms with E-state index >= 15 is 0 Å². The standard InChI is InChI=1S/C17H28ClN3O3/c1-8-11-21(16(23)24-17(5,6)7)20(10-3)15(22)19-13(4)12-14(18)9-2/h9,12H,2,4,8,10-11H2,1,3,5-7H3,(H,19,22)/b14-12+. The second-order valence-electron chi connectivity index (χ2n) is 6.01. The molecule has 0 aromatic rings. The SMILES string of the molecule is C=C/C(Cl)=C\C(=C)NC(=O)N(CC)N(CCC)C(=O)OC(C)(C)C. The van der Waals surface area contributed by atoms with Gasteiger partial charge in [0, 0.05) is 23.8 Å². The molecule has 0 saturated carbocycles. The largest absolute Gasteiger partial charge is 0.442 e. The highest BCUT2D eigenvalue weighted by Gasteiger charge is 2.28. The number of carbonyl (C=O) groups excluding carboxylic acids is 2. The van der Waals surface area contributed by atoms with E-state index in [2.05, 4.69) is 18.5 Å². The molecule has 0 aliphatic rings. The van der Waals surface area contributed by atoms with Gasteiger partial charge in [-0.25, -0.2) is 19.6 Å². The lowest BCUT2D eigenvalue weighted by atomic mass is 10.2. The first-order chi connectivity index (χ1) is 11.1. The first-order valence-electron chi connectivity index (χ1n) is 7.83. The van der Waals surface area contributed by atoms with Gasteiger partial charge >= 0.3 is 12.1 Å². The maximum atomic E-state index is 12.4. The molecule has 0 radical (unpaired) electrons. The van der Waals surface area contributed by atoms with Crippen molar-refractivity contribution in [1.29, 1.82) is 0 Å². The van der Waals surface area contributed by atoms with Gasteiger partial charge in [0.1, 0.15) is 5.60 Å². The Morgan fingerprint density at radius 2 is 1.83 bits per heavy atom. The number of allylic oxidation sites excluding steroid dienone is 3. The Hall–Kier alpha value is -1.95. The molecular formula is C17H28ClN3O3. The first kappa shape index (κ1) is 22.1. The van der Waals surface area contributed by atoms with E-state index in [-0.39, 0.29) is 6.54 Å². The van der Waals surface area contributed by atoms with Crippen LogP contribution in [0, 0.1) is 0 Å². The van der Waals surface area contributed by atoms with Crippen LogP contribution in [0.25, 0.3) is 0 Å². The second-order valence-corrected chi connectivity index (χ2v) is 6.44. The van der Waals surface area contributed by atoms with Gasteiger partial charge in [-0.3, -0.25) is 0 Å². The Morgan fingerprint density at radius 1 is 1.25 bits per heavy atom. The zero-order chi connectivity index (χ0) is 18.9. The fourth-order valence-electron chi connectivity index (χ4n) is 1.72. The molecule has 24 heavy (non-hydrogen) atoms. The average molecular weight is 358 g/mol. The molecule has 0 aliphatic heterocycles. The summed E-state index contributed by atoms with van der Waals surface area (Å²) in [4.78, 5) is 24.8. The predicted octanol–water partition coefficient (Wildman–Crippen LogP) is 4.40. The number of hydrogen-bond acceptors (Lipinski definition) is 3. The van der Waals surface area contributed by atoms with E-state index in [4.69, 9.17) is 16.3 Å². The predicted molar refractivity (Wildman–Crippen MR) is 97.4 cm³/mol. The Bertz CT molecular complexity index is 510. The summed E-state index contributed by atoms with van der Waals surface area (Å²) in [6.07, 6.45) is 3.00. The van der Waals surface area contributed by atoms with Crippen molar-refractivity contribution in [3.8, 4) is 0 Å². The van der Waals surface area contributed by atoms with Gasteiger partial charge in [0.25, 0.3) is 0 Å². The van der Waals surface area contributed by atoms with Crippen molar-refractivity contribution >= 4 is 23.7 Å². The molecule has 7 heteroatoms. The van der Waals surface area contributed by atoms with Crippen LogP contribution in [0.15, 0.2) is 36.0 Å². The van der Waals surface area contributed by atoms with Crippen LogP contribution in [0.5, 0.6) is 0 Å². The summed E-state index contributed by atoms with van der Waals surface area (Å²) >= 11 is 5.83. The molecule has 0 spiro atoms. The zero-order valence-electron chi connectivity index (χ0n) is 15.2. The second kappa shape index (κ2) is 10.0. The molecule has 3 amide bonds. The van der Waals surface area contributed by atoms with Crippen LogP contribution >= 0.6 is 11.6 Å². The molecule has 0 saturated heterocycles. The third-order valence-electron chi connectivity index (χ3n) is 2.64. The fourth-order valence-corrected chi connectivity index (χ4v) is 1.86. The summed E-state index contributed by atoms with van der Waals surface area (Å²) in [5.41, 5.74) is -0.355. The number of amides is 3. The topological polar surface area (TPSA) is 61.9 Å². The Morgan fingerprint density at radius 3 is 2.25 bits per heavy atom. The van der Waals surface area contributed by atoms with Gasteiger partial charge in [0.15, 0.2) is 0 Å². The highest BCUT2D eigenvalue weighted by Crippen LogP contribution is 2.13. The number of hydrogen-bond donors (Lipinski definition) is 1. The number of nitrogens with zero attached hydrogens (tertiary/aromatic N) is 2. The molecule has 1 N–H and O–H groups in total. The molecule has 0 heterocycles. The van der Waals surface area contributed by atoms with Crippen LogP contribution in [0.2, 0.25) is 0 Å². The van der Waals surface area contributed by atoms with E-state index in [0.717, 1.165) is 0 Å². The summed E-state index contributed by atoms with van der Waals surface area (Å²) in [7, 11) is 0. The van der Waals surface area contributed by atoms with Gasteiger partial charge < -0.3 is 10.1 Å². The molecule has 0 atom stereocenters. The summed E-state index contributed by atoms with van der Waals surface area (Å²) in [6, 6.07) is -0.494. The summed E-state index contributed by atoms with van der Waals surface area (Å²) < 4.78 is 5.37. The minimum atomic E-state index is -0.650. The zero-order valence-corrected chi connectivity index (χ0v) is 15.9. The van der Waals surface area contributed by atoms with E-state index in [1.165, 1.54) is 22.2 Å². The van der Waals surface area contributed by atoms with Crippen molar-refractivity contribution in [3.05, 3.63) is 36.0 Å². The van der Waals surface area contributed by atoms with Gasteiger partial charge in [-0.1, -0.05) is 37.8 Å². The number of urea groups is 1. The molecular weight excluding hydrogens is 330 g/mol. The number of ether oxygens (including phenoxy) is 1. The smallest absolute Gasteiger partial charge is 0.429 e. The van der Waals surface area contributed by atoms with Crippen LogP contribution in [0.3, 0.4) is 0 Å². The van der Waals surface area contributed by atoms with E-state index in [1.807, 2.05) is 6.92 Å². The Balaban J connectivity index is 5.20. The van der Waals surface area contributed by atoms with Gasteiger partial charge in [0.05, 0.1) is 0 Å². The molecule has 0 aromatic heterocycles. The van der Waals surface area contributed by atoms with Gasteiger partial charge in [-0.2, -0.15) is 0 Å². The van der Waals surface area contributed by atoms with Gasteiger partial charge in [-0.05, 0) is 40.2 Å². The summed E-state index contributed by atoms with van der Waals surface area (Å²) in [6.45, 7) is 16.9. The number of rotatable bonds is 6. The molecule has 0 fully saturated rings. The quantitative estimate of drug-likeness (QED) is 0.566. The van der Waals surface area contributed by atoms with Gasteiger partial charge in [-0.15, -0.1) is 0 Å². The van der Waals surface area contributed by atoms with Crippen molar-refractivity contribution < 1.29 is 14.3 Å². The van der Waals surface area contributed by atoms with Crippen molar-refractivity contribution in [2.75, 3.05) is 13.1 Å². The number of halogens is 1. The summed E-state index contributed by atoms with van der Waals surface area (Å²) in [5, 5.41) is 5.50. The fraction of sp³-hybridized carbons (Fsp3) is 0.529. The molecule has 0 rings (SSSR count). The molecule has 0 aliphatic carbocycles. The summed E-state index contributed by atoms with van der Waals surface area (Å²) in [5.74, 6) is 0. The molecule has 0 unspecified atom stereocenters. The van der Waals surface area contributed by atoms with Crippen LogP contribution in [-0.2, 0) is 4.74 Å². The number of hydrazine groups is 1. The highest BCUT2D eigenvalue weighted by atomic mass is 35.5. The monoisotopic (exact) mass is 357 g/mol. The van der Waals surface area contributed by atoms with Crippen molar-refractivity contribution in [3.63, 3.8) is 0 Å². The molecule has 6 nitrogen and oxygen atoms in total. The van der Waals surface area contributed by atoms with E-state index in [9.17, 15) is 9.59 Å². The minimum absolute atomic E-state index is 0.289. The lowest BCUT2D eigenvalue weighted by Crippen LogP contribution is -2.54. The maximum Gasteiger partial charge on any atom is 0.429 e. The molecule has 0 aromatic carbocycles. The maximum absolute atomic E-state index is 12.4. The normalized spacial score (nSPS) is 11.5. The number of carbonyl (C=O) groups is 2. The highest BCUT2D eigenvalue weighted by molar-refractivity contribution is 6.31. The van der Waals surface area contributed by atoms with Crippen LogP contribution in [0.4, 0.5) is 9.59 Å². The van der Waals surface area contributed by atoms with E-state index in [0.29, 0.717) is 23.7 Å². The molecule has 0 bridgehead atoms. The Kier molecular flexibility index (Phi) is 9.21. The Labute approximate surface area is 149 Å². The van der Waals surface area contributed by atoms with E-state index < -0.39 is 17.7 Å². The van der Waals surface area contributed by atoms with E-state index in [1.54, 1.807) is 27.7 Å². The minimum Gasteiger partial charge on any atom is -0.442 e. The van der Waals surface area contributed by atoms with Gasteiger partial charge in [0.2, 0.25) is 0 Å². The third kappa shape index (κ3) is 8.06. The third-order valence-corrected chi connectivity index (χ3v) is 2.90. The van der Waals surface area contributed by atoms with Crippen molar-refractivity contribution in [1.82, 2.24) is 15.3 Å². The van der Waals surface area contributed by atoms with Crippen LogP contribution < -0.4 is 5.32 Å².